The van der Waals surface area contributed by atoms with Crippen LogP contribution in [0.3, 0.4) is 0 Å². The monoisotopic (exact) mass is 291 g/mol. The maximum absolute atomic E-state index is 5.87. The van der Waals surface area contributed by atoms with E-state index in [2.05, 4.69) is 31.3 Å². The molecule has 0 amide bonds. The summed E-state index contributed by atoms with van der Waals surface area (Å²) in [6.45, 7) is 8.58. The van der Waals surface area contributed by atoms with Crippen LogP contribution in [0.5, 0.6) is 11.5 Å². The average Bonchev–Trinajstić information content (AvgIpc) is 3.01. The van der Waals surface area contributed by atoms with Gasteiger partial charge in [-0.05, 0) is 39.3 Å². The normalized spacial score (nSPS) is 27.5. The minimum Gasteiger partial charge on any atom is -0.494 e. The number of fused-ring (bicyclic) bond motifs is 1. The predicted molar refractivity (Wildman–Crippen MR) is 82.1 cm³/mol. The van der Waals surface area contributed by atoms with E-state index < -0.39 is 0 Å². The predicted octanol–water partition coefficient (Wildman–Crippen LogP) is 2.68. The number of rotatable bonds is 5. The summed E-state index contributed by atoms with van der Waals surface area (Å²) in [6.07, 6.45) is 2.59. The number of hydrogen-bond donors (Lipinski definition) is 1. The molecule has 116 valence electrons. The van der Waals surface area contributed by atoms with Gasteiger partial charge in [-0.1, -0.05) is 0 Å². The van der Waals surface area contributed by atoms with Crippen molar-refractivity contribution >= 4 is 0 Å². The Morgan fingerprint density at radius 2 is 2.19 bits per heavy atom. The molecule has 1 aromatic carbocycles. The molecule has 2 aliphatic heterocycles. The molecule has 4 nitrogen and oxygen atoms in total. The first-order chi connectivity index (χ1) is 10.2. The molecule has 0 saturated carbocycles. The van der Waals surface area contributed by atoms with Crippen LogP contribution < -0.4 is 14.8 Å². The molecule has 4 heteroatoms. The Bertz CT molecular complexity index is 503. The van der Waals surface area contributed by atoms with Crippen LogP contribution in [0.2, 0.25) is 0 Å². The topological polar surface area (TPSA) is 39.7 Å². The fraction of sp³-hybridized carbons (Fsp3) is 0.647. The molecular weight excluding hydrogens is 266 g/mol. The first-order valence-corrected chi connectivity index (χ1v) is 7.97. The van der Waals surface area contributed by atoms with E-state index in [1.54, 1.807) is 0 Å². The fourth-order valence-electron chi connectivity index (χ4n) is 3.15. The van der Waals surface area contributed by atoms with Gasteiger partial charge < -0.3 is 19.5 Å². The molecule has 2 aliphatic rings. The van der Waals surface area contributed by atoms with Gasteiger partial charge in [0.15, 0.2) is 0 Å². The second-order valence-electron chi connectivity index (χ2n) is 5.99. The summed E-state index contributed by atoms with van der Waals surface area (Å²) >= 11 is 0. The highest BCUT2D eigenvalue weighted by Gasteiger charge is 2.25. The molecule has 1 fully saturated rings. The molecule has 0 spiro atoms. The minimum atomic E-state index is 0.265. The highest BCUT2D eigenvalue weighted by atomic mass is 16.5. The van der Waals surface area contributed by atoms with Crippen LogP contribution in [0.15, 0.2) is 12.1 Å². The zero-order valence-corrected chi connectivity index (χ0v) is 13.1. The molecule has 3 rings (SSSR count). The minimum absolute atomic E-state index is 0.265. The molecule has 0 radical (unpaired) electrons. The smallest absolute Gasteiger partial charge is 0.124 e. The van der Waals surface area contributed by atoms with E-state index in [4.69, 9.17) is 14.2 Å². The standard InChI is InChI=1S/C17H25NO3/c1-4-19-16-8-13-7-11(2)21-17(13)9-14(16)10-18-15-5-6-20-12(15)3/h8-9,11-12,15,18H,4-7,10H2,1-3H3. The van der Waals surface area contributed by atoms with E-state index in [9.17, 15) is 0 Å². The SMILES string of the molecule is CCOc1cc2c(cc1CNC1CCOC1C)OC(C)C2. The van der Waals surface area contributed by atoms with Crippen molar-refractivity contribution in [1.82, 2.24) is 5.32 Å². The Hall–Kier alpha value is -1.26. The van der Waals surface area contributed by atoms with Gasteiger partial charge in [-0.25, -0.2) is 0 Å². The van der Waals surface area contributed by atoms with Gasteiger partial charge in [0.25, 0.3) is 0 Å². The van der Waals surface area contributed by atoms with Crippen LogP contribution in [-0.4, -0.2) is 31.5 Å². The zero-order valence-electron chi connectivity index (χ0n) is 13.1. The van der Waals surface area contributed by atoms with Gasteiger partial charge in [-0.3, -0.25) is 0 Å². The van der Waals surface area contributed by atoms with Gasteiger partial charge in [-0.2, -0.15) is 0 Å². The first kappa shape index (κ1) is 14.7. The van der Waals surface area contributed by atoms with E-state index in [1.165, 1.54) is 11.1 Å². The Balaban J connectivity index is 1.75. The Morgan fingerprint density at radius 1 is 1.33 bits per heavy atom. The van der Waals surface area contributed by atoms with Crippen LogP contribution in [0, 0.1) is 0 Å². The van der Waals surface area contributed by atoms with Crippen LogP contribution in [0.4, 0.5) is 0 Å². The lowest BCUT2D eigenvalue weighted by atomic mass is 10.1. The van der Waals surface area contributed by atoms with Gasteiger partial charge in [0.05, 0.1) is 12.7 Å². The summed E-state index contributed by atoms with van der Waals surface area (Å²) < 4.78 is 17.3. The molecule has 1 saturated heterocycles. The van der Waals surface area contributed by atoms with Crippen molar-refractivity contribution in [1.29, 1.82) is 0 Å². The number of hydrogen-bond acceptors (Lipinski definition) is 4. The van der Waals surface area contributed by atoms with E-state index in [0.717, 1.165) is 37.5 Å². The van der Waals surface area contributed by atoms with Crippen LogP contribution in [-0.2, 0) is 17.7 Å². The highest BCUT2D eigenvalue weighted by molar-refractivity contribution is 5.48. The fourth-order valence-corrected chi connectivity index (χ4v) is 3.15. The van der Waals surface area contributed by atoms with E-state index >= 15 is 0 Å². The largest absolute Gasteiger partial charge is 0.494 e. The van der Waals surface area contributed by atoms with Crippen molar-refractivity contribution in [2.45, 2.75) is 58.4 Å². The van der Waals surface area contributed by atoms with E-state index in [-0.39, 0.29) is 12.2 Å². The Kier molecular flexibility index (Phi) is 4.36. The van der Waals surface area contributed by atoms with Crippen molar-refractivity contribution in [3.05, 3.63) is 23.3 Å². The van der Waals surface area contributed by atoms with Gasteiger partial charge in [0, 0.05) is 36.7 Å². The van der Waals surface area contributed by atoms with Crippen LogP contribution >= 0.6 is 0 Å². The molecule has 1 N–H and O–H groups in total. The summed E-state index contributed by atoms with van der Waals surface area (Å²) in [5.41, 5.74) is 2.43. The molecule has 0 aliphatic carbocycles. The van der Waals surface area contributed by atoms with E-state index in [1.807, 2.05) is 6.92 Å². The molecule has 3 unspecified atom stereocenters. The van der Waals surface area contributed by atoms with Crippen molar-refractivity contribution in [2.75, 3.05) is 13.2 Å². The van der Waals surface area contributed by atoms with Crippen LogP contribution in [0.25, 0.3) is 0 Å². The van der Waals surface area contributed by atoms with Gasteiger partial charge in [0.2, 0.25) is 0 Å². The molecule has 1 aromatic rings. The van der Waals surface area contributed by atoms with E-state index in [0.29, 0.717) is 12.6 Å². The summed E-state index contributed by atoms with van der Waals surface area (Å²) in [5.74, 6) is 1.99. The van der Waals surface area contributed by atoms with Gasteiger partial charge in [0.1, 0.15) is 17.6 Å². The van der Waals surface area contributed by atoms with Crippen molar-refractivity contribution < 1.29 is 14.2 Å². The van der Waals surface area contributed by atoms with Crippen molar-refractivity contribution in [2.24, 2.45) is 0 Å². The molecular formula is C17H25NO3. The molecule has 0 bridgehead atoms. The van der Waals surface area contributed by atoms with Crippen molar-refractivity contribution in [3.63, 3.8) is 0 Å². The first-order valence-electron chi connectivity index (χ1n) is 7.97. The maximum atomic E-state index is 5.87. The lowest BCUT2D eigenvalue weighted by Gasteiger charge is -2.18. The third kappa shape index (κ3) is 3.16. The van der Waals surface area contributed by atoms with Crippen molar-refractivity contribution in [3.8, 4) is 11.5 Å². The summed E-state index contributed by atoms with van der Waals surface area (Å²) in [6, 6.07) is 4.71. The quantitative estimate of drug-likeness (QED) is 0.905. The third-order valence-corrected chi connectivity index (χ3v) is 4.31. The molecule has 0 aromatic heterocycles. The summed E-state index contributed by atoms with van der Waals surface area (Å²) in [5, 5.41) is 3.59. The lowest BCUT2D eigenvalue weighted by molar-refractivity contribution is 0.113. The average molecular weight is 291 g/mol. The summed E-state index contributed by atoms with van der Waals surface area (Å²) in [7, 11) is 0. The second kappa shape index (κ2) is 6.24. The Labute approximate surface area is 126 Å². The Morgan fingerprint density at radius 3 is 2.90 bits per heavy atom. The molecule has 21 heavy (non-hydrogen) atoms. The summed E-state index contributed by atoms with van der Waals surface area (Å²) in [4.78, 5) is 0. The number of ether oxygens (including phenoxy) is 3. The number of nitrogens with one attached hydrogen (secondary N) is 1. The van der Waals surface area contributed by atoms with Gasteiger partial charge in [-0.15, -0.1) is 0 Å². The van der Waals surface area contributed by atoms with Crippen LogP contribution in [0.1, 0.15) is 38.3 Å². The maximum Gasteiger partial charge on any atom is 0.124 e. The lowest BCUT2D eigenvalue weighted by Crippen LogP contribution is -2.34. The van der Waals surface area contributed by atoms with Gasteiger partial charge >= 0.3 is 0 Å². The number of benzene rings is 1. The molecule has 2 heterocycles. The highest BCUT2D eigenvalue weighted by Crippen LogP contribution is 2.35. The third-order valence-electron chi connectivity index (χ3n) is 4.31. The molecule has 3 atom stereocenters. The zero-order chi connectivity index (χ0) is 14.8. The second-order valence-corrected chi connectivity index (χ2v) is 5.99.